The van der Waals surface area contributed by atoms with Crippen LogP contribution in [0.1, 0.15) is 25.0 Å². The number of piperidine rings is 1. The largest absolute Gasteiger partial charge is 0.452 e. The van der Waals surface area contributed by atoms with E-state index in [1.165, 1.54) is 4.31 Å². The normalized spacial score (nSPS) is 18.1. The molecule has 18 heavy (non-hydrogen) atoms. The first-order chi connectivity index (χ1) is 8.55. The highest BCUT2D eigenvalue weighted by Crippen LogP contribution is 2.30. The Morgan fingerprint density at radius 3 is 2.67 bits per heavy atom. The van der Waals surface area contributed by atoms with Crippen molar-refractivity contribution < 1.29 is 12.8 Å². The molecule has 7 heteroatoms. The van der Waals surface area contributed by atoms with Crippen molar-refractivity contribution in [3.8, 4) is 0 Å². The fourth-order valence-electron chi connectivity index (χ4n) is 2.08. The number of halogens is 1. The molecule has 1 saturated heterocycles. The Balaban J connectivity index is 2.28. The summed E-state index contributed by atoms with van der Waals surface area (Å²) < 4.78 is 32.1. The van der Waals surface area contributed by atoms with Gasteiger partial charge < -0.3 is 9.73 Å². The molecule has 1 fully saturated rings. The van der Waals surface area contributed by atoms with Crippen LogP contribution in [0.25, 0.3) is 0 Å². The number of furan rings is 1. The lowest BCUT2D eigenvalue weighted by atomic mass is 10.2. The lowest BCUT2D eigenvalue weighted by Crippen LogP contribution is -2.35. The van der Waals surface area contributed by atoms with Crippen LogP contribution in [-0.2, 0) is 16.6 Å². The van der Waals surface area contributed by atoms with E-state index < -0.39 is 10.0 Å². The smallest absolute Gasteiger partial charge is 0.247 e. The van der Waals surface area contributed by atoms with Gasteiger partial charge in [0.1, 0.15) is 10.7 Å². The second-order valence-corrected chi connectivity index (χ2v) is 6.97. The summed E-state index contributed by atoms with van der Waals surface area (Å²) in [5.41, 5.74) is 0. The van der Waals surface area contributed by atoms with Crippen molar-refractivity contribution in [3.63, 3.8) is 0 Å². The van der Waals surface area contributed by atoms with Gasteiger partial charge in [0.15, 0.2) is 4.67 Å². The molecule has 0 bridgehead atoms. The molecular formula is C11H17BrN2O3S. The monoisotopic (exact) mass is 336 g/mol. The van der Waals surface area contributed by atoms with Crippen LogP contribution in [0.3, 0.4) is 0 Å². The summed E-state index contributed by atoms with van der Waals surface area (Å²) in [5.74, 6) is 0.611. The Kier molecular flexibility index (Phi) is 4.47. The number of sulfonamides is 1. The molecule has 1 aliphatic heterocycles. The summed E-state index contributed by atoms with van der Waals surface area (Å²) in [6.07, 6.45) is 2.96. The molecule has 1 aromatic rings. The van der Waals surface area contributed by atoms with E-state index in [2.05, 4.69) is 21.2 Å². The van der Waals surface area contributed by atoms with E-state index in [9.17, 15) is 8.42 Å². The van der Waals surface area contributed by atoms with Gasteiger partial charge in [0.05, 0.1) is 6.54 Å². The Morgan fingerprint density at radius 2 is 2.06 bits per heavy atom. The van der Waals surface area contributed by atoms with Crippen LogP contribution >= 0.6 is 15.9 Å². The van der Waals surface area contributed by atoms with Gasteiger partial charge in [-0.1, -0.05) is 6.42 Å². The lowest BCUT2D eigenvalue weighted by molar-refractivity contribution is 0.346. The fraction of sp³-hybridized carbons (Fsp3) is 0.636. The molecule has 0 aliphatic carbocycles. The van der Waals surface area contributed by atoms with E-state index in [1.54, 1.807) is 13.1 Å². The molecule has 0 aromatic carbocycles. The van der Waals surface area contributed by atoms with Crippen LogP contribution in [0.2, 0.25) is 0 Å². The van der Waals surface area contributed by atoms with Crippen molar-refractivity contribution in [2.75, 3.05) is 20.1 Å². The van der Waals surface area contributed by atoms with Crippen LogP contribution in [0.4, 0.5) is 0 Å². The highest BCUT2D eigenvalue weighted by molar-refractivity contribution is 9.10. The van der Waals surface area contributed by atoms with E-state index in [0.717, 1.165) is 19.3 Å². The zero-order valence-electron chi connectivity index (χ0n) is 10.3. The molecule has 0 spiro atoms. The van der Waals surface area contributed by atoms with Crippen molar-refractivity contribution in [1.82, 2.24) is 9.62 Å². The molecule has 0 unspecified atom stereocenters. The number of rotatable bonds is 4. The van der Waals surface area contributed by atoms with Gasteiger partial charge in [0, 0.05) is 19.2 Å². The van der Waals surface area contributed by atoms with Gasteiger partial charge in [-0.05, 0) is 35.8 Å². The van der Waals surface area contributed by atoms with Crippen molar-refractivity contribution in [2.45, 2.75) is 30.7 Å². The van der Waals surface area contributed by atoms with Gasteiger partial charge in [-0.2, -0.15) is 4.31 Å². The van der Waals surface area contributed by atoms with Crippen molar-refractivity contribution in [1.29, 1.82) is 0 Å². The Morgan fingerprint density at radius 1 is 1.39 bits per heavy atom. The predicted octanol–water partition coefficient (Wildman–Crippen LogP) is 1.94. The molecule has 1 aromatic heterocycles. The Bertz CT molecular complexity index is 506. The first-order valence-corrected chi connectivity index (χ1v) is 8.22. The minimum Gasteiger partial charge on any atom is -0.452 e. The maximum atomic E-state index is 12.4. The molecule has 0 saturated carbocycles. The highest BCUT2D eigenvalue weighted by atomic mass is 79.9. The molecule has 5 nitrogen and oxygen atoms in total. The number of hydrogen-bond donors (Lipinski definition) is 1. The van der Waals surface area contributed by atoms with Gasteiger partial charge in [-0.3, -0.25) is 0 Å². The number of nitrogens with zero attached hydrogens (tertiary/aromatic N) is 1. The van der Waals surface area contributed by atoms with Gasteiger partial charge in [-0.25, -0.2) is 8.42 Å². The molecule has 1 aliphatic rings. The quantitative estimate of drug-likeness (QED) is 0.912. The second kappa shape index (κ2) is 5.73. The molecule has 0 atom stereocenters. The highest BCUT2D eigenvalue weighted by Gasteiger charge is 2.30. The zero-order valence-corrected chi connectivity index (χ0v) is 12.7. The molecule has 102 valence electrons. The van der Waals surface area contributed by atoms with Crippen LogP contribution in [0.5, 0.6) is 0 Å². The minimum absolute atomic E-state index is 0.231. The van der Waals surface area contributed by atoms with Crippen LogP contribution < -0.4 is 5.32 Å². The summed E-state index contributed by atoms with van der Waals surface area (Å²) in [6, 6.07) is 1.59. The van der Waals surface area contributed by atoms with Crippen molar-refractivity contribution >= 4 is 26.0 Å². The molecular weight excluding hydrogens is 320 g/mol. The minimum atomic E-state index is -3.43. The fourth-order valence-corrected chi connectivity index (χ4v) is 4.56. The Labute approximate surface area is 116 Å². The summed E-state index contributed by atoms with van der Waals surface area (Å²) in [7, 11) is -1.64. The van der Waals surface area contributed by atoms with Crippen LogP contribution in [0, 0.1) is 0 Å². The molecule has 1 N–H and O–H groups in total. The third-order valence-corrected chi connectivity index (χ3v) is 5.75. The van der Waals surface area contributed by atoms with Crippen LogP contribution in [0.15, 0.2) is 20.0 Å². The summed E-state index contributed by atoms with van der Waals surface area (Å²) in [4.78, 5) is 0.231. The van der Waals surface area contributed by atoms with E-state index in [-0.39, 0.29) is 4.90 Å². The average Bonchev–Trinajstić information content (AvgIpc) is 2.73. The number of nitrogens with one attached hydrogen (secondary N) is 1. The van der Waals surface area contributed by atoms with Gasteiger partial charge >= 0.3 is 0 Å². The second-order valence-electron chi connectivity index (χ2n) is 4.35. The lowest BCUT2D eigenvalue weighted by Gasteiger charge is -2.25. The molecule has 2 heterocycles. The molecule has 0 amide bonds. The maximum Gasteiger partial charge on any atom is 0.247 e. The van der Waals surface area contributed by atoms with Gasteiger partial charge in [0.2, 0.25) is 10.0 Å². The van der Waals surface area contributed by atoms with E-state index in [1.807, 2.05) is 0 Å². The topological polar surface area (TPSA) is 62.6 Å². The molecule has 2 rings (SSSR count). The first kappa shape index (κ1) is 14.0. The van der Waals surface area contributed by atoms with Gasteiger partial charge in [0.25, 0.3) is 0 Å². The summed E-state index contributed by atoms with van der Waals surface area (Å²) in [6.45, 7) is 1.71. The SMILES string of the molecule is CNCc1cc(S(=O)(=O)N2CCCCC2)c(Br)o1. The third kappa shape index (κ3) is 2.79. The first-order valence-electron chi connectivity index (χ1n) is 5.98. The standard InChI is InChI=1S/C11H17BrN2O3S/c1-13-8-9-7-10(11(12)17-9)18(15,16)14-5-3-2-4-6-14/h7,13H,2-6,8H2,1H3. The predicted molar refractivity (Wildman–Crippen MR) is 71.8 cm³/mol. The van der Waals surface area contributed by atoms with Crippen molar-refractivity contribution in [3.05, 3.63) is 16.5 Å². The van der Waals surface area contributed by atoms with Crippen LogP contribution in [-0.4, -0.2) is 32.9 Å². The van der Waals surface area contributed by atoms with E-state index in [0.29, 0.717) is 30.1 Å². The van der Waals surface area contributed by atoms with E-state index >= 15 is 0 Å². The maximum absolute atomic E-state index is 12.4. The van der Waals surface area contributed by atoms with Gasteiger partial charge in [-0.15, -0.1) is 0 Å². The van der Waals surface area contributed by atoms with Crippen molar-refractivity contribution in [2.24, 2.45) is 0 Å². The molecule has 0 radical (unpaired) electrons. The van der Waals surface area contributed by atoms with E-state index in [4.69, 9.17) is 4.42 Å². The average molecular weight is 337 g/mol. The third-order valence-electron chi connectivity index (χ3n) is 2.99. The summed E-state index contributed by atoms with van der Waals surface area (Å²) in [5, 5.41) is 2.93. The zero-order chi connectivity index (χ0) is 13.2. The summed E-state index contributed by atoms with van der Waals surface area (Å²) >= 11 is 3.19. The Hall–Kier alpha value is -0.370. The number of hydrogen-bond acceptors (Lipinski definition) is 4.